The zero-order chi connectivity index (χ0) is 12.3. The summed E-state index contributed by atoms with van der Waals surface area (Å²) in [4.78, 5) is 0. The summed E-state index contributed by atoms with van der Waals surface area (Å²) in [6.45, 7) is 2.02. The summed E-state index contributed by atoms with van der Waals surface area (Å²) in [7, 11) is 1.92. The molecule has 0 atom stereocenters. The molecule has 5 heteroatoms. The SMILES string of the molecule is Cc1cc(C#N)ccc1CSc1nncn1C. The van der Waals surface area contributed by atoms with Crippen LogP contribution in [0.1, 0.15) is 16.7 Å². The molecule has 86 valence electrons. The van der Waals surface area contributed by atoms with E-state index in [0.717, 1.165) is 16.5 Å². The molecule has 1 aromatic carbocycles. The number of thioether (sulfide) groups is 1. The van der Waals surface area contributed by atoms with E-state index in [4.69, 9.17) is 5.26 Å². The van der Waals surface area contributed by atoms with Crippen molar-refractivity contribution >= 4 is 11.8 Å². The van der Waals surface area contributed by atoms with Crippen LogP contribution in [-0.4, -0.2) is 14.8 Å². The van der Waals surface area contributed by atoms with E-state index in [2.05, 4.69) is 16.3 Å². The molecule has 4 nitrogen and oxygen atoms in total. The molecule has 0 unspecified atom stereocenters. The summed E-state index contributed by atoms with van der Waals surface area (Å²) in [5.74, 6) is 0.837. The van der Waals surface area contributed by atoms with Gasteiger partial charge in [0.15, 0.2) is 5.16 Å². The summed E-state index contributed by atoms with van der Waals surface area (Å²) in [6.07, 6.45) is 1.69. The molecule has 2 aromatic rings. The number of aromatic nitrogens is 3. The monoisotopic (exact) mass is 244 g/mol. The minimum atomic E-state index is 0.704. The average Bonchev–Trinajstić information content (AvgIpc) is 2.73. The Kier molecular flexibility index (Phi) is 3.45. The first kappa shape index (κ1) is 11.7. The number of rotatable bonds is 3. The predicted molar refractivity (Wildman–Crippen MR) is 66.5 cm³/mol. The molecule has 1 aromatic heterocycles. The highest BCUT2D eigenvalue weighted by Gasteiger charge is 2.04. The average molecular weight is 244 g/mol. The van der Waals surface area contributed by atoms with Gasteiger partial charge in [-0.05, 0) is 30.2 Å². The Labute approximate surface area is 104 Å². The zero-order valence-corrected chi connectivity index (χ0v) is 10.5. The Hall–Kier alpha value is -1.80. The molecule has 0 N–H and O–H groups in total. The van der Waals surface area contributed by atoms with Crippen molar-refractivity contribution in [3.05, 3.63) is 41.2 Å². The minimum Gasteiger partial charge on any atom is -0.312 e. The zero-order valence-electron chi connectivity index (χ0n) is 9.71. The molecule has 1 heterocycles. The molecule has 0 aliphatic carbocycles. The number of aryl methyl sites for hydroxylation is 2. The Morgan fingerprint density at radius 1 is 1.47 bits per heavy atom. The Morgan fingerprint density at radius 2 is 2.29 bits per heavy atom. The van der Waals surface area contributed by atoms with E-state index < -0.39 is 0 Å². The van der Waals surface area contributed by atoms with Gasteiger partial charge in [-0.2, -0.15) is 5.26 Å². The predicted octanol–water partition coefficient (Wildman–Crippen LogP) is 2.29. The third-order valence-corrected chi connectivity index (χ3v) is 3.58. The van der Waals surface area contributed by atoms with Gasteiger partial charge in [-0.25, -0.2) is 0 Å². The standard InChI is InChI=1S/C12H12N4S/c1-9-5-10(6-13)3-4-11(9)7-17-12-15-14-8-16(12)2/h3-5,8H,7H2,1-2H3. The van der Waals surface area contributed by atoms with E-state index in [1.165, 1.54) is 5.56 Å². The molecule has 0 fully saturated rings. The van der Waals surface area contributed by atoms with E-state index in [-0.39, 0.29) is 0 Å². The second-order valence-corrected chi connectivity index (χ2v) is 4.71. The van der Waals surface area contributed by atoms with Crippen LogP contribution in [0.25, 0.3) is 0 Å². The van der Waals surface area contributed by atoms with Crippen LogP contribution in [0, 0.1) is 18.3 Å². The smallest absolute Gasteiger partial charge is 0.191 e. The van der Waals surface area contributed by atoms with Gasteiger partial charge in [0.25, 0.3) is 0 Å². The van der Waals surface area contributed by atoms with Crippen molar-refractivity contribution < 1.29 is 0 Å². The van der Waals surface area contributed by atoms with Gasteiger partial charge < -0.3 is 4.57 Å². The number of nitrogens with zero attached hydrogens (tertiary/aromatic N) is 4. The fourth-order valence-corrected chi connectivity index (χ4v) is 2.44. The molecule has 0 spiro atoms. The third-order valence-electron chi connectivity index (χ3n) is 2.50. The van der Waals surface area contributed by atoms with Crippen molar-refractivity contribution in [2.24, 2.45) is 7.05 Å². The lowest BCUT2D eigenvalue weighted by atomic mass is 10.1. The first-order valence-electron chi connectivity index (χ1n) is 5.17. The molecule has 17 heavy (non-hydrogen) atoms. The third kappa shape index (κ3) is 2.66. The molecule has 0 saturated heterocycles. The number of benzene rings is 1. The topological polar surface area (TPSA) is 54.5 Å². The van der Waals surface area contributed by atoms with E-state index >= 15 is 0 Å². The van der Waals surface area contributed by atoms with Gasteiger partial charge in [0.1, 0.15) is 6.33 Å². The van der Waals surface area contributed by atoms with Gasteiger partial charge in [-0.15, -0.1) is 10.2 Å². The lowest BCUT2D eigenvalue weighted by Crippen LogP contribution is -1.92. The van der Waals surface area contributed by atoms with Crippen molar-refractivity contribution in [2.75, 3.05) is 0 Å². The Morgan fingerprint density at radius 3 is 2.88 bits per heavy atom. The van der Waals surface area contributed by atoms with Crippen LogP contribution >= 0.6 is 11.8 Å². The Bertz CT molecular complexity index is 568. The highest BCUT2D eigenvalue weighted by Crippen LogP contribution is 2.22. The summed E-state index contributed by atoms with van der Waals surface area (Å²) in [6, 6.07) is 7.89. The molecule has 0 radical (unpaired) electrons. The van der Waals surface area contributed by atoms with Gasteiger partial charge in [-0.3, -0.25) is 0 Å². The van der Waals surface area contributed by atoms with Gasteiger partial charge in [0.2, 0.25) is 0 Å². The van der Waals surface area contributed by atoms with Crippen molar-refractivity contribution in [2.45, 2.75) is 17.8 Å². The normalized spacial score (nSPS) is 10.2. The van der Waals surface area contributed by atoms with Crippen LogP contribution in [0.3, 0.4) is 0 Å². The highest BCUT2D eigenvalue weighted by molar-refractivity contribution is 7.98. The first-order chi connectivity index (χ1) is 8.20. The lowest BCUT2D eigenvalue weighted by molar-refractivity contribution is 0.788. The van der Waals surface area contributed by atoms with Crippen LogP contribution in [-0.2, 0) is 12.8 Å². The minimum absolute atomic E-state index is 0.704. The van der Waals surface area contributed by atoms with Crippen LogP contribution in [0.4, 0.5) is 0 Å². The molecular weight excluding hydrogens is 232 g/mol. The number of hydrogen-bond donors (Lipinski definition) is 0. The molecule has 0 saturated carbocycles. The summed E-state index contributed by atoms with van der Waals surface area (Å²) in [5.41, 5.74) is 3.06. The maximum atomic E-state index is 8.79. The fourth-order valence-electron chi connectivity index (χ4n) is 1.47. The first-order valence-corrected chi connectivity index (χ1v) is 6.15. The van der Waals surface area contributed by atoms with Crippen LogP contribution in [0.5, 0.6) is 0 Å². The van der Waals surface area contributed by atoms with Gasteiger partial charge in [0, 0.05) is 12.8 Å². The van der Waals surface area contributed by atoms with E-state index in [9.17, 15) is 0 Å². The maximum Gasteiger partial charge on any atom is 0.191 e. The molecule has 0 bridgehead atoms. The molecule has 0 amide bonds. The second kappa shape index (κ2) is 5.02. The van der Waals surface area contributed by atoms with Crippen molar-refractivity contribution in [1.82, 2.24) is 14.8 Å². The molecule has 0 aliphatic heterocycles. The van der Waals surface area contributed by atoms with E-state index in [0.29, 0.717) is 5.56 Å². The summed E-state index contributed by atoms with van der Waals surface area (Å²) >= 11 is 1.64. The van der Waals surface area contributed by atoms with Gasteiger partial charge in [-0.1, -0.05) is 17.8 Å². The summed E-state index contributed by atoms with van der Waals surface area (Å²) in [5, 5.41) is 17.5. The Balaban J connectivity index is 2.10. The van der Waals surface area contributed by atoms with Crippen LogP contribution in [0.2, 0.25) is 0 Å². The number of hydrogen-bond acceptors (Lipinski definition) is 4. The van der Waals surface area contributed by atoms with Gasteiger partial charge in [0.05, 0.1) is 11.6 Å². The van der Waals surface area contributed by atoms with E-state index in [1.54, 1.807) is 18.1 Å². The van der Waals surface area contributed by atoms with Gasteiger partial charge >= 0.3 is 0 Å². The molecular formula is C12H12N4S. The van der Waals surface area contributed by atoms with Crippen LogP contribution in [0.15, 0.2) is 29.7 Å². The van der Waals surface area contributed by atoms with Crippen LogP contribution < -0.4 is 0 Å². The van der Waals surface area contributed by atoms with Crippen molar-refractivity contribution in [1.29, 1.82) is 5.26 Å². The molecule has 2 rings (SSSR count). The second-order valence-electron chi connectivity index (χ2n) is 3.77. The van der Waals surface area contributed by atoms with E-state index in [1.807, 2.05) is 36.7 Å². The highest BCUT2D eigenvalue weighted by atomic mass is 32.2. The largest absolute Gasteiger partial charge is 0.312 e. The quantitative estimate of drug-likeness (QED) is 0.777. The fraction of sp³-hybridized carbons (Fsp3) is 0.250. The summed E-state index contributed by atoms with van der Waals surface area (Å²) < 4.78 is 1.89. The maximum absolute atomic E-state index is 8.79. The van der Waals surface area contributed by atoms with Crippen molar-refractivity contribution in [3.8, 4) is 6.07 Å². The molecule has 0 aliphatic rings. The van der Waals surface area contributed by atoms with Crippen molar-refractivity contribution in [3.63, 3.8) is 0 Å². The number of nitriles is 1. The lowest BCUT2D eigenvalue weighted by Gasteiger charge is -2.05.